The van der Waals surface area contributed by atoms with Crippen LogP contribution in [0.2, 0.25) is 0 Å². The maximum absolute atomic E-state index is 12.1. The molecule has 6 nitrogen and oxygen atoms in total. The van der Waals surface area contributed by atoms with Gasteiger partial charge in [0.1, 0.15) is 0 Å². The lowest BCUT2D eigenvalue weighted by atomic mass is 10.1. The number of amidine groups is 1. The normalized spacial score (nSPS) is 21.1. The summed E-state index contributed by atoms with van der Waals surface area (Å²) in [5, 5.41) is 11.5. The number of non-ortho nitro benzene ring substituents is 1. The van der Waals surface area contributed by atoms with Gasteiger partial charge in [0.2, 0.25) is 5.91 Å². The number of carbonyl (C=O) groups excluding carboxylic acids is 1. The molecule has 3 rings (SSSR count). The number of amides is 1. The molecular weight excluding hydrogens is 314 g/mol. The molecule has 21 heavy (non-hydrogen) atoms. The molecule has 2 aliphatic rings. The number of thioether (sulfide) groups is 1. The van der Waals surface area contributed by atoms with Crippen molar-refractivity contribution in [1.82, 2.24) is 4.90 Å². The Bertz CT molecular complexity index is 608. The molecule has 0 aromatic heterocycles. The molecule has 2 aliphatic heterocycles. The van der Waals surface area contributed by atoms with Crippen LogP contribution in [-0.4, -0.2) is 34.0 Å². The summed E-state index contributed by atoms with van der Waals surface area (Å²) in [6.07, 6.45) is 1.27. The predicted octanol–water partition coefficient (Wildman–Crippen LogP) is 2.78. The van der Waals surface area contributed by atoms with E-state index in [2.05, 4.69) is 4.99 Å². The van der Waals surface area contributed by atoms with Crippen molar-refractivity contribution in [2.75, 3.05) is 13.1 Å². The van der Waals surface area contributed by atoms with Gasteiger partial charge in [-0.05, 0) is 12.0 Å². The van der Waals surface area contributed by atoms with E-state index in [9.17, 15) is 14.9 Å². The number of hydrogen-bond acceptors (Lipinski definition) is 5. The number of aliphatic imine (C=N–C) groups is 1. The van der Waals surface area contributed by atoms with Crippen LogP contribution in [0.1, 0.15) is 23.7 Å². The fourth-order valence-corrected chi connectivity index (χ4v) is 3.63. The van der Waals surface area contributed by atoms with Crippen molar-refractivity contribution in [3.63, 3.8) is 0 Å². The largest absolute Gasteiger partial charge is 0.291 e. The van der Waals surface area contributed by atoms with E-state index in [0.29, 0.717) is 6.42 Å². The van der Waals surface area contributed by atoms with Crippen molar-refractivity contribution in [3.05, 3.63) is 39.9 Å². The number of nitrogens with zero attached hydrogens (tertiary/aromatic N) is 3. The zero-order valence-electron chi connectivity index (χ0n) is 11.1. The first-order valence-corrected chi connectivity index (χ1v) is 7.29. The topological polar surface area (TPSA) is 75.8 Å². The van der Waals surface area contributed by atoms with Crippen molar-refractivity contribution < 1.29 is 9.72 Å². The summed E-state index contributed by atoms with van der Waals surface area (Å²) in [6.45, 7) is 1.47. The number of halogens is 1. The summed E-state index contributed by atoms with van der Waals surface area (Å²) in [4.78, 5) is 28.7. The second kappa shape index (κ2) is 6.44. The Labute approximate surface area is 132 Å². The zero-order valence-corrected chi connectivity index (χ0v) is 12.7. The van der Waals surface area contributed by atoms with Gasteiger partial charge in [-0.3, -0.25) is 24.8 Å². The Balaban J connectivity index is 0.00000161. The predicted molar refractivity (Wildman–Crippen MR) is 83.9 cm³/mol. The van der Waals surface area contributed by atoms with Crippen LogP contribution in [0.5, 0.6) is 0 Å². The third kappa shape index (κ3) is 3.19. The van der Waals surface area contributed by atoms with E-state index in [1.54, 1.807) is 17.0 Å². The minimum atomic E-state index is -0.413. The molecule has 1 atom stereocenters. The van der Waals surface area contributed by atoms with E-state index in [0.717, 1.165) is 30.2 Å². The van der Waals surface area contributed by atoms with Crippen molar-refractivity contribution in [1.29, 1.82) is 0 Å². The standard InChI is InChI=1S/C13H13N3O3S.ClH/c17-12-8-11(20-13-14-5-2-6-15(12)13)9-3-1-4-10(7-9)16(18)19;/h1,3-4,7,11H,2,5-6,8H2;1H. The summed E-state index contributed by atoms with van der Waals surface area (Å²) in [5.41, 5.74) is 0.869. The van der Waals surface area contributed by atoms with Gasteiger partial charge < -0.3 is 0 Å². The SMILES string of the molecule is Cl.O=C1CC(c2cccc([N+](=O)[O-])c2)SC2=NCCCN12. The number of nitro groups is 1. The van der Waals surface area contributed by atoms with Gasteiger partial charge in [0.15, 0.2) is 5.17 Å². The molecule has 0 N–H and O–H groups in total. The van der Waals surface area contributed by atoms with Crippen molar-refractivity contribution in [2.24, 2.45) is 4.99 Å². The molecule has 0 aliphatic carbocycles. The molecular formula is C13H14ClN3O3S. The quantitative estimate of drug-likeness (QED) is 0.618. The second-order valence-corrected chi connectivity index (χ2v) is 5.90. The third-order valence-electron chi connectivity index (χ3n) is 3.38. The highest BCUT2D eigenvalue weighted by Gasteiger charge is 2.34. The first kappa shape index (κ1) is 15.8. The van der Waals surface area contributed by atoms with Crippen LogP contribution in [0.3, 0.4) is 0 Å². The van der Waals surface area contributed by atoms with Gasteiger partial charge in [0.05, 0.1) is 4.92 Å². The molecule has 0 radical (unpaired) electrons. The molecule has 2 heterocycles. The van der Waals surface area contributed by atoms with Crippen LogP contribution in [0.15, 0.2) is 29.3 Å². The van der Waals surface area contributed by atoms with Gasteiger partial charge in [0.25, 0.3) is 5.69 Å². The molecule has 1 unspecified atom stereocenters. The molecule has 112 valence electrons. The summed E-state index contributed by atoms with van der Waals surface area (Å²) < 4.78 is 0. The van der Waals surface area contributed by atoms with Gasteiger partial charge in [-0.2, -0.15) is 0 Å². The molecule has 1 aromatic rings. The van der Waals surface area contributed by atoms with E-state index in [-0.39, 0.29) is 29.3 Å². The highest BCUT2D eigenvalue weighted by Crippen LogP contribution is 2.40. The lowest BCUT2D eigenvalue weighted by molar-refractivity contribution is -0.384. The maximum Gasteiger partial charge on any atom is 0.269 e. The monoisotopic (exact) mass is 327 g/mol. The Hall–Kier alpha value is -1.60. The average molecular weight is 328 g/mol. The molecule has 0 saturated carbocycles. The van der Waals surface area contributed by atoms with Gasteiger partial charge in [-0.15, -0.1) is 12.4 Å². The van der Waals surface area contributed by atoms with E-state index >= 15 is 0 Å². The van der Waals surface area contributed by atoms with Crippen molar-refractivity contribution in [2.45, 2.75) is 18.1 Å². The fraction of sp³-hybridized carbons (Fsp3) is 0.385. The third-order valence-corrected chi connectivity index (χ3v) is 4.66. The number of hydrogen-bond donors (Lipinski definition) is 0. The Morgan fingerprint density at radius 2 is 2.24 bits per heavy atom. The lowest BCUT2D eigenvalue weighted by Crippen LogP contribution is -2.42. The second-order valence-electron chi connectivity index (χ2n) is 4.73. The zero-order chi connectivity index (χ0) is 14.1. The van der Waals surface area contributed by atoms with Crippen LogP contribution in [0, 0.1) is 10.1 Å². The number of fused-ring (bicyclic) bond motifs is 1. The smallest absolute Gasteiger partial charge is 0.269 e. The Morgan fingerprint density at radius 1 is 1.43 bits per heavy atom. The summed E-state index contributed by atoms with van der Waals surface area (Å²) in [5.74, 6) is 0.0544. The van der Waals surface area contributed by atoms with Crippen LogP contribution in [0.25, 0.3) is 0 Å². The van der Waals surface area contributed by atoms with E-state index in [1.807, 2.05) is 6.07 Å². The molecule has 1 amide bonds. The summed E-state index contributed by atoms with van der Waals surface area (Å²) in [6, 6.07) is 6.50. The average Bonchev–Trinajstić information content (AvgIpc) is 2.47. The molecule has 8 heteroatoms. The number of nitro benzene ring substituents is 1. The fourth-order valence-electron chi connectivity index (χ4n) is 2.38. The van der Waals surface area contributed by atoms with Gasteiger partial charge in [-0.25, -0.2) is 0 Å². The van der Waals surface area contributed by atoms with Crippen LogP contribution in [0.4, 0.5) is 5.69 Å². The first-order chi connectivity index (χ1) is 9.65. The highest BCUT2D eigenvalue weighted by molar-refractivity contribution is 8.14. The highest BCUT2D eigenvalue weighted by atomic mass is 35.5. The minimum absolute atomic E-state index is 0. The van der Waals surface area contributed by atoms with E-state index < -0.39 is 4.92 Å². The first-order valence-electron chi connectivity index (χ1n) is 6.41. The Morgan fingerprint density at radius 3 is 3.00 bits per heavy atom. The van der Waals surface area contributed by atoms with Crippen molar-refractivity contribution in [3.8, 4) is 0 Å². The molecule has 0 spiro atoms. The van der Waals surface area contributed by atoms with Crippen molar-refractivity contribution >= 4 is 40.9 Å². The number of benzene rings is 1. The van der Waals surface area contributed by atoms with Gasteiger partial charge in [-0.1, -0.05) is 23.9 Å². The number of carbonyl (C=O) groups is 1. The molecule has 1 saturated heterocycles. The van der Waals surface area contributed by atoms with Crippen LogP contribution >= 0.6 is 24.2 Å². The number of rotatable bonds is 2. The van der Waals surface area contributed by atoms with Crippen LogP contribution in [-0.2, 0) is 4.79 Å². The summed E-state index contributed by atoms with van der Waals surface area (Å²) >= 11 is 1.53. The minimum Gasteiger partial charge on any atom is -0.291 e. The molecule has 1 aromatic carbocycles. The molecule has 1 fully saturated rings. The van der Waals surface area contributed by atoms with E-state index in [4.69, 9.17) is 0 Å². The maximum atomic E-state index is 12.1. The summed E-state index contributed by atoms with van der Waals surface area (Å²) in [7, 11) is 0. The van der Waals surface area contributed by atoms with Crippen LogP contribution < -0.4 is 0 Å². The van der Waals surface area contributed by atoms with E-state index in [1.165, 1.54) is 17.8 Å². The molecule has 0 bridgehead atoms. The van der Waals surface area contributed by atoms with Gasteiger partial charge >= 0.3 is 0 Å². The van der Waals surface area contributed by atoms with Gasteiger partial charge in [0, 0.05) is 36.9 Å². The lowest BCUT2D eigenvalue weighted by Gasteiger charge is -2.34. The Kier molecular flexibility index (Phi) is 4.84.